The van der Waals surface area contributed by atoms with Gasteiger partial charge in [-0.15, -0.1) is 24.0 Å². The molecule has 0 radical (unpaired) electrons. The van der Waals surface area contributed by atoms with E-state index in [1.54, 1.807) is 11.4 Å². The van der Waals surface area contributed by atoms with E-state index >= 15 is 0 Å². The van der Waals surface area contributed by atoms with Gasteiger partial charge in [-0.2, -0.15) is 0 Å². The number of nitrogens with one attached hydrogen (secondary N) is 2. The first kappa shape index (κ1) is 24.2. The quantitative estimate of drug-likeness (QED) is 0.352. The van der Waals surface area contributed by atoms with Crippen molar-refractivity contribution in [3.05, 3.63) is 35.4 Å². The van der Waals surface area contributed by atoms with E-state index < -0.39 is 10.0 Å². The van der Waals surface area contributed by atoms with Gasteiger partial charge in [-0.3, -0.25) is 4.99 Å². The van der Waals surface area contributed by atoms with Crippen LogP contribution in [0.3, 0.4) is 0 Å². The molecule has 0 aliphatic carbocycles. The van der Waals surface area contributed by atoms with Crippen LogP contribution in [0.1, 0.15) is 36.8 Å². The third-order valence-electron chi connectivity index (χ3n) is 5.01. The lowest BCUT2D eigenvalue weighted by atomic mass is 9.98. The summed E-state index contributed by atoms with van der Waals surface area (Å²) >= 11 is 0. The third-order valence-corrected chi connectivity index (χ3v) is 6.31. The van der Waals surface area contributed by atoms with Crippen LogP contribution in [0.5, 0.6) is 0 Å². The van der Waals surface area contributed by atoms with Crippen LogP contribution >= 0.6 is 24.0 Å². The lowest BCUT2D eigenvalue weighted by Gasteiger charge is -2.30. The minimum absolute atomic E-state index is 0. The molecule has 1 aromatic carbocycles. The Morgan fingerprint density at radius 3 is 2.52 bits per heavy atom. The third kappa shape index (κ3) is 7.95. The molecule has 0 saturated carbocycles. The molecule has 1 atom stereocenters. The van der Waals surface area contributed by atoms with Crippen molar-refractivity contribution in [2.45, 2.75) is 32.6 Å². The van der Waals surface area contributed by atoms with Crippen molar-refractivity contribution in [3.63, 3.8) is 0 Å². The minimum Gasteiger partial charge on any atom is -0.356 e. The standard InChI is InChI=1S/C19H32N4O2S.HI/c1-15-6-5-7-18(12-15)16(2)13-21-19(20-3)22-14-17-8-10-23(11-9-17)26(4,24)25;/h5-7,12,16-17H,8-11,13-14H2,1-4H3,(H2,20,21,22);1H. The van der Waals surface area contributed by atoms with Gasteiger partial charge in [-0.05, 0) is 37.2 Å². The van der Waals surface area contributed by atoms with Crippen LogP contribution in [-0.4, -0.2) is 58.2 Å². The van der Waals surface area contributed by atoms with Crippen LogP contribution in [0.25, 0.3) is 0 Å². The normalized spacial score (nSPS) is 17.9. The van der Waals surface area contributed by atoms with E-state index in [1.165, 1.54) is 17.4 Å². The highest BCUT2D eigenvalue weighted by atomic mass is 127. The molecule has 1 fully saturated rings. The van der Waals surface area contributed by atoms with Crippen molar-refractivity contribution >= 4 is 40.0 Å². The summed E-state index contributed by atoms with van der Waals surface area (Å²) < 4.78 is 24.7. The first-order valence-corrected chi connectivity index (χ1v) is 11.1. The van der Waals surface area contributed by atoms with E-state index in [0.717, 1.165) is 31.9 Å². The zero-order valence-corrected chi connectivity index (χ0v) is 19.9. The maximum absolute atomic E-state index is 11.6. The number of hydrogen-bond donors (Lipinski definition) is 2. The summed E-state index contributed by atoms with van der Waals surface area (Å²) in [6.07, 6.45) is 3.06. The SMILES string of the molecule is CN=C(NCC1CCN(S(C)(=O)=O)CC1)NCC(C)c1cccc(C)c1.I. The molecular weight excluding hydrogens is 475 g/mol. The Morgan fingerprint density at radius 2 is 1.96 bits per heavy atom. The Kier molecular flexibility index (Phi) is 10.0. The second-order valence-electron chi connectivity index (χ2n) is 7.25. The smallest absolute Gasteiger partial charge is 0.211 e. The molecule has 1 aliphatic rings. The average Bonchev–Trinajstić information content (AvgIpc) is 2.61. The number of guanidine groups is 1. The summed E-state index contributed by atoms with van der Waals surface area (Å²) in [5.74, 6) is 1.67. The van der Waals surface area contributed by atoms with Crippen molar-refractivity contribution < 1.29 is 8.42 Å². The Bertz CT molecular complexity index is 716. The highest BCUT2D eigenvalue weighted by Crippen LogP contribution is 2.18. The van der Waals surface area contributed by atoms with E-state index in [9.17, 15) is 8.42 Å². The minimum atomic E-state index is -3.06. The number of rotatable bonds is 6. The Hall–Kier alpha value is -0.870. The molecule has 1 aliphatic heterocycles. The summed E-state index contributed by atoms with van der Waals surface area (Å²) in [5.41, 5.74) is 2.60. The average molecular weight is 508 g/mol. The fourth-order valence-electron chi connectivity index (χ4n) is 3.25. The molecule has 154 valence electrons. The molecule has 0 bridgehead atoms. The number of sulfonamides is 1. The molecule has 1 saturated heterocycles. The number of aryl methyl sites for hydroxylation is 1. The summed E-state index contributed by atoms with van der Waals surface area (Å²) in [5, 5.41) is 6.77. The van der Waals surface area contributed by atoms with Crippen LogP contribution in [0.2, 0.25) is 0 Å². The number of halogens is 1. The molecule has 0 spiro atoms. The van der Waals surface area contributed by atoms with E-state index in [1.807, 2.05) is 0 Å². The maximum Gasteiger partial charge on any atom is 0.211 e. The van der Waals surface area contributed by atoms with Crippen LogP contribution in [-0.2, 0) is 10.0 Å². The van der Waals surface area contributed by atoms with Gasteiger partial charge < -0.3 is 10.6 Å². The van der Waals surface area contributed by atoms with E-state index in [2.05, 4.69) is 53.7 Å². The van der Waals surface area contributed by atoms with Crippen molar-refractivity contribution in [3.8, 4) is 0 Å². The zero-order valence-electron chi connectivity index (χ0n) is 16.7. The molecule has 27 heavy (non-hydrogen) atoms. The molecule has 1 heterocycles. The Labute approximate surface area is 181 Å². The first-order valence-electron chi connectivity index (χ1n) is 9.25. The van der Waals surface area contributed by atoms with E-state index in [0.29, 0.717) is 24.9 Å². The second kappa shape index (κ2) is 11.2. The van der Waals surface area contributed by atoms with Crippen LogP contribution in [0.4, 0.5) is 0 Å². The van der Waals surface area contributed by atoms with E-state index in [4.69, 9.17) is 0 Å². The lowest BCUT2D eigenvalue weighted by Crippen LogP contribution is -2.44. The predicted molar refractivity (Wildman–Crippen MR) is 124 cm³/mol. The van der Waals surface area contributed by atoms with Gasteiger partial charge >= 0.3 is 0 Å². The Balaban J connectivity index is 0.00000364. The number of nitrogens with zero attached hydrogens (tertiary/aromatic N) is 2. The molecule has 2 N–H and O–H groups in total. The van der Waals surface area contributed by atoms with Gasteiger partial charge in [0.05, 0.1) is 6.26 Å². The van der Waals surface area contributed by atoms with Crippen molar-refractivity contribution in [1.82, 2.24) is 14.9 Å². The highest BCUT2D eigenvalue weighted by molar-refractivity contribution is 14.0. The Morgan fingerprint density at radius 1 is 1.30 bits per heavy atom. The highest BCUT2D eigenvalue weighted by Gasteiger charge is 2.24. The van der Waals surface area contributed by atoms with E-state index in [-0.39, 0.29) is 24.0 Å². The number of piperidine rings is 1. The van der Waals surface area contributed by atoms with Crippen molar-refractivity contribution in [2.24, 2.45) is 10.9 Å². The van der Waals surface area contributed by atoms with Gasteiger partial charge in [0.15, 0.2) is 5.96 Å². The van der Waals surface area contributed by atoms with Crippen molar-refractivity contribution in [1.29, 1.82) is 0 Å². The number of benzene rings is 1. The molecule has 0 aromatic heterocycles. The largest absolute Gasteiger partial charge is 0.356 e. The summed E-state index contributed by atoms with van der Waals surface area (Å²) in [6.45, 7) is 7.17. The fraction of sp³-hybridized carbons (Fsp3) is 0.632. The fourth-order valence-corrected chi connectivity index (χ4v) is 4.13. The van der Waals surface area contributed by atoms with Gasteiger partial charge in [0.2, 0.25) is 10.0 Å². The van der Waals surface area contributed by atoms with Crippen LogP contribution in [0.15, 0.2) is 29.3 Å². The first-order chi connectivity index (χ1) is 12.3. The summed E-state index contributed by atoms with van der Waals surface area (Å²) in [6, 6.07) is 8.58. The van der Waals surface area contributed by atoms with Gasteiger partial charge in [0, 0.05) is 33.2 Å². The van der Waals surface area contributed by atoms with Crippen LogP contribution in [0, 0.1) is 12.8 Å². The number of hydrogen-bond acceptors (Lipinski definition) is 3. The van der Waals surface area contributed by atoms with Gasteiger partial charge in [0.25, 0.3) is 0 Å². The molecule has 6 nitrogen and oxygen atoms in total. The number of aliphatic imine (C=N–C) groups is 1. The predicted octanol–water partition coefficient (Wildman–Crippen LogP) is 2.55. The van der Waals surface area contributed by atoms with Gasteiger partial charge in [0.1, 0.15) is 0 Å². The molecule has 8 heteroatoms. The maximum atomic E-state index is 11.6. The van der Waals surface area contributed by atoms with Crippen LogP contribution < -0.4 is 10.6 Å². The van der Waals surface area contributed by atoms with Gasteiger partial charge in [-0.1, -0.05) is 36.8 Å². The molecule has 1 unspecified atom stereocenters. The summed E-state index contributed by atoms with van der Waals surface area (Å²) in [4.78, 5) is 4.30. The van der Waals surface area contributed by atoms with Gasteiger partial charge in [-0.25, -0.2) is 12.7 Å². The summed E-state index contributed by atoms with van der Waals surface area (Å²) in [7, 11) is -1.28. The zero-order chi connectivity index (χ0) is 19.2. The molecule has 0 amide bonds. The molecule has 1 aromatic rings. The topological polar surface area (TPSA) is 73.8 Å². The lowest BCUT2D eigenvalue weighted by molar-refractivity contribution is 0.275. The second-order valence-corrected chi connectivity index (χ2v) is 9.24. The van der Waals surface area contributed by atoms with Crippen molar-refractivity contribution in [2.75, 3.05) is 39.5 Å². The monoisotopic (exact) mass is 508 g/mol. The molecule has 2 rings (SSSR count). The molecular formula is C19H33IN4O2S.